The number of nitrogens with zero attached hydrogens (tertiary/aromatic N) is 2. The molecule has 0 atom stereocenters. The third kappa shape index (κ3) is 5.05. The molecule has 3 aromatic carbocycles. The first kappa shape index (κ1) is 20.9. The highest BCUT2D eigenvalue weighted by atomic mass is 19.1. The van der Waals surface area contributed by atoms with E-state index in [1.807, 2.05) is 54.6 Å². The summed E-state index contributed by atoms with van der Waals surface area (Å²) in [6.07, 6.45) is 1.55. The van der Waals surface area contributed by atoms with Crippen LogP contribution in [-0.2, 0) is 0 Å². The summed E-state index contributed by atoms with van der Waals surface area (Å²) < 4.78 is 18.5. The van der Waals surface area contributed by atoms with Crippen LogP contribution in [0.3, 0.4) is 0 Å². The van der Waals surface area contributed by atoms with E-state index in [-0.39, 0.29) is 11.7 Å². The van der Waals surface area contributed by atoms with Gasteiger partial charge < -0.3 is 4.74 Å². The number of benzene rings is 3. The van der Waals surface area contributed by atoms with E-state index in [9.17, 15) is 9.18 Å². The van der Waals surface area contributed by atoms with Crippen molar-refractivity contribution in [2.45, 2.75) is 0 Å². The molecule has 0 saturated heterocycles. The second-order valence-electron chi connectivity index (χ2n) is 6.97. The number of hydrogen-bond donors (Lipinski definition) is 1. The molecule has 0 radical (unpaired) electrons. The lowest BCUT2D eigenvalue weighted by Crippen LogP contribution is -2.18. The number of rotatable bonds is 6. The summed E-state index contributed by atoms with van der Waals surface area (Å²) in [5, 5.41) is 4.05. The number of methoxy groups -OCH3 is 1. The Balaban J connectivity index is 1.62. The second kappa shape index (κ2) is 9.66. The van der Waals surface area contributed by atoms with Gasteiger partial charge in [-0.05, 0) is 66.2 Å². The van der Waals surface area contributed by atoms with Gasteiger partial charge in [-0.3, -0.25) is 4.79 Å². The number of nitrogens with one attached hydrogen (secondary N) is 1. The number of aromatic nitrogens is 1. The highest BCUT2D eigenvalue weighted by Gasteiger charge is 2.12. The quantitative estimate of drug-likeness (QED) is 0.336. The van der Waals surface area contributed by atoms with E-state index >= 15 is 0 Å². The topological polar surface area (TPSA) is 63.6 Å². The van der Waals surface area contributed by atoms with E-state index in [1.165, 1.54) is 12.1 Å². The van der Waals surface area contributed by atoms with E-state index in [4.69, 9.17) is 4.74 Å². The largest absolute Gasteiger partial charge is 0.497 e. The van der Waals surface area contributed by atoms with Crippen molar-refractivity contribution in [2.75, 3.05) is 7.11 Å². The molecule has 4 aromatic rings. The average molecular weight is 425 g/mol. The smallest absolute Gasteiger partial charge is 0.271 e. The minimum absolute atomic E-state index is 0.334. The van der Waals surface area contributed by atoms with Crippen LogP contribution >= 0.6 is 0 Å². The predicted molar refractivity (Wildman–Crippen MR) is 123 cm³/mol. The number of hydrogen-bond acceptors (Lipinski definition) is 4. The van der Waals surface area contributed by atoms with Crippen molar-refractivity contribution in [1.29, 1.82) is 0 Å². The fourth-order valence-electron chi connectivity index (χ4n) is 3.11. The van der Waals surface area contributed by atoms with E-state index in [2.05, 4.69) is 15.5 Å². The first-order valence-electron chi connectivity index (χ1n) is 9.93. The zero-order valence-electron chi connectivity index (χ0n) is 17.3. The normalized spacial score (nSPS) is 10.8. The van der Waals surface area contributed by atoms with Crippen LogP contribution in [0.15, 0.2) is 96.1 Å². The van der Waals surface area contributed by atoms with Crippen molar-refractivity contribution in [2.24, 2.45) is 5.10 Å². The van der Waals surface area contributed by atoms with Crippen LogP contribution in [0.2, 0.25) is 0 Å². The Bertz CT molecular complexity index is 1240. The minimum Gasteiger partial charge on any atom is -0.497 e. The molecule has 158 valence electrons. The van der Waals surface area contributed by atoms with Gasteiger partial charge in [-0.25, -0.2) is 14.8 Å². The number of amides is 1. The molecule has 5 nitrogen and oxygen atoms in total. The van der Waals surface area contributed by atoms with Crippen molar-refractivity contribution < 1.29 is 13.9 Å². The fourth-order valence-corrected chi connectivity index (χ4v) is 3.11. The van der Waals surface area contributed by atoms with Crippen LogP contribution in [-0.4, -0.2) is 24.2 Å². The molecule has 0 bridgehead atoms. The number of ether oxygens (including phenoxy) is 1. The predicted octanol–water partition coefficient (Wildman–Crippen LogP) is 5.33. The number of halogens is 1. The molecule has 0 spiro atoms. The molecule has 0 aliphatic carbocycles. The first-order chi connectivity index (χ1) is 15.6. The van der Waals surface area contributed by atoms with E-state index in [0.29, 0.717) is 22.5 Å². The number of carbonyl (C=O) groups is 1. The third-order valence-electron chi connectivity index (χ3n) is 4.79. The Morgan fingerprint density at radius 3 is 2.16 bits per heavy atom. The maximum Gasteiger partial charge on any atom is 0.271 e. The van der Waals surface area contributed by atoms with Gasteiger partial charge >= 0.3 is 0 Å². The molecule has 4 rings (SSSR count). The Hall–Kier alpha value is -4.32. The molecule has 6 heteroatoms. The SMILES string of the molecule is COc1ccc(/C=N/NC(=O)c2cc(-c3ccccc3)nc(-c3ccc(F)cc3)c2)cc1. The molecule has 32 heavy (non-hydrogen) atoms. The van der Waals surface area contributed by atoms with Gasteiger partial charge in [0, 0.05) is 16.7 Å². The van der Waals surface area contributed by atoms with Gasteiger partial charge in [-0.1, -0.05) is 30.3 Å². The number of hydrazone groups is 1. The summed E-state index contributed by atoms with van der Waals surface area (Å²) in [5.41, 5.74) is 6.54. The van der Waals surface area contributed by atoms with Gasteiger partial charge in [-0.15, -0.1) is 0 Å². The summed E-state index contributed by atoms with van der Waals surface area (Å²) in [6, 6.07) is 26.2. The lowest BCUT2D eigenvalue weighted by Gasteiger charge is -2.09. The molecule has 0 saturated carbocycles. The molecule has 1 N–H and O–H groups in total. The lowest BCUT2D eigenvalue weighted by molar-refractivity contribution is 0.0955. The minimum atomic E-state index is -0.377. The summed E-state index contributed by atoms with van der Waals surface area (Å²) in [7, 11) is 1.60. The fraction of sp³-hybridized carbons (Fsp3) is 0.0385. The molecule has 0 aliphatic rings. The second-order valence-corrected chi connectivity index (χ2v) is 6.97. The highest BCUT2D eigenvalue weighted by Crippen LogP contribution is 2.25. The maximum atomic E-state index is 13.4. The number of carbonyl (C=O) groups excluding carboxylic acids is 1. The van der Waals surface area contributed by atoms with Crippen molar-refractivity contribution in [3.8, 4) is 28.3 Å². The Kier molecular flexibility index (Phi) is 6.32. The van der Waals surface area contributed by atoms with Crippen molar-refractivity contribution in [3.05, 3.63) is 108 Å². The van der Waals surface area contributed by atoms with Gasteiger partial charge in [0.05, 0.1) is 24.7 Å². The monoisotopic (exact) mass is 425 g/mol. The summed E-state index contributed by atoms with van der Waals surface area (Å²) in [4.78, 5) is 17.5. The molecule has 1 heterocycles. The standard InChI is InChI=1S/C26H20FN3O2/c1-32-23-13-7-18(8-14-23)17-28-30-26(31)21-15-24(19-5-3-2-4-6-19)29-25(16-21)20-9-11-22(27)12-10-20/h2-17H,1H3,(H,30,31)/b28-17+. The summed E-state index contributed by atoms with van der Waals surface area (Å²) in [6.45, 7) is 0. The van der Waals surface area contributed by atoms with Gasteiger partial charge in [0.1, 0.15) is 11.6 Å². The zero-order chi connectivity index (χ0) is 22.3. The van der Waals surface area contributed by atoms with Gasteiger partial charge in [-0.2, -0.15) is 5.10 Å². The maximum absolute atomic E-state index is 13.4. The van der Waals surface area contributed by atoms with E-state index in [0.717, 1.165) is 16.9 Å². The molecular weight excluding hydrogens is 405 g/mol. The molecule has 0 unspecified atom stereocenters. The van der Waals surface area contributed by atoms with Gasteiger partial charge in [0.25, 0.3) is 5.91 Å². The summed E-state index contributed by atoms with van der Waals surface area (Å²) >= 11 is 0. The van der Waals surface area contributed by atoms with Crippen molar-refractivity contribution >= 4 is 12.1 Å². The number of pyridine rings is 1. The zero-order valence-corrected chi connectivity index (χ0v) is 17.3. The highest BCUT2D eigenvalue weighted by molar-refractivity contribution is 5.97. The van der Waals surface area contributed by atoms with Crippen molar-refractivity contribution in [3.63, 3.8) is 0 Å². The van der Waals surface area contributed by atoms with Crippen LogP contribution < -0.4 is 10.2 Å². The van der Waals surface area contributed by atoms with E-state index < -0.39 is 0 Å². The van der Waals surface area contributed by atoms with Crippen LogP contribution in [0.25, 0.3) is 22.5 Å². The summed E-state index contributed by atoms with van der Waals surface area (Å²) in [5.74, 6) is 0.0289. The van der Waals surface area contributed by atoms with Gasteiger partial charge in [0.2, 0.25) is 0 Å². The Morgan fingerprint density at radius 2 is 1.53 bits per heavy atom. The first-order valence-corrected chi connectivity index (χ1v) is 9.93. The lowest BCUT2D eigenvalue weighted by atomic mass is 10.0. The van der Waals surface area contributed by atoms with Gasteiger partial charge in [0.15, 0.2) is 0 Å². The average Bonchev–Trinajstić information content (AvgIpc) is 2.85. The van der Waals surface area contributed by atoms with Crippen LogP contribution in [0, 0.1) is 5.82 Å². The van der Waals surface area contributed by atoms with Crippen LogP contribution in [0.1, 0.15) is 15.9 Å². The molecular formula is C26H20FN3O2. The Labute approximate surface area is 185 Å². The van der Waals surface area contributed by atoms with Crippen LogP contribution in [0.5, 0.6) is 5.75 Å². The van der Waals surface area contributed by atoms with Crippen molar-refractivity contribution in [1.82, 2.24) is 10.4 Å². The molecule has 1 amide bonds. The third-order valence-corrected chi connectivity index (χ3v) is 4.79. The van der Waals surface area contributed by atoms with E-state index in [1.54, 1.807) is 37.6 Å². The Morgan fingerprint density at radius 1 is 0.906 bits per heavy atom. The molecule has 0 fully saturated rings. The molecule has 0 aliphatic heterocycles. The molecule has 1 aromatic heterocycles. The van der Waals surface area contributed by atoms with Crippen LogP contribution in [0.4, 0.5) is 4.39 Å².